The molecule has 4 rings (SSSR count). The summed E-state index contributed by atoms with van der Waals surface area (Å²) < 4.78 is 3.30. The summed E-state index contributed by atoms with van der Waals surface area (Å²) in [7, 11) is 0. The van der Waals surface area contributed by atoms with Crippen molar-refractivity contribution in [3.8, 4) is 5.69 Å². The number of carbonyl (C=O) groups excluding carboxylic acids is 1. The maximum atomic E-state index is 12.5. The number of aliphatic hydroxyl groups excluding tert-OH is 1. The zero-order chi connectivity index (χ0) is 18.3. The zero-order valence-electron chi connectivity index (χ0n) is 14.6. The lowest BCUT2D eigenvalue weighted by molar-refractivity contribution is -0.00597. The number of aromatic nitrogens is 5. The van der Waals surface area contributed by atoms with Crippen molar-refractivity contribution in [2.75, 3.05) is 0 Å². The molecule has 8 nitrogen and oxygen atoms in total. The standard InChI is InChI=1S/C18H20N6O2/c1-11-8-19-24(9-11)17-13(7-16(17)25)20-18(26)14-10-23(22-21-14)15-6-4-3-5-12(15)2/h3-6,8-10,13,16-17,25H,7H2,1-2H3,(H,20,26)/t13-,16+,17+/m0/s1. The van der Waals surface area contributed by atoms with Gasteiger partial charge in [-0.15, -0.1) is 5.10 Å². The third-order valence-corrected chi connectivity index (χ3v) is 4.74. The van der Waals surface area contributed by atoms with Gasteiger partial charge in [-0.25, -0.2) is 4.68 Å². The zero-order valence-corrected chi connectivity index (χ0v) is 14.6. The number of aliphatic hydroxyl groups is 1. The number of benzene rings is 1. The van der Waals surface area contributed by atoms with Crippen molar-refractivity contribution in [2.45, 2.75) is 38.5 Å². The first-order valence-electron chi connectivity index (χ1n) is 8.51. The molecule has 0 aliphatic heterocycles. The van der Waals surface area contributed by atoms with Crippen molar-refractivity contribution in [3.63, 3.8) is 0 Å². The van der Waals surface area contributed by atoms with Crippen LogP contribution in [0.15, 0.2) is 42.9 Å². The summed E-state index contributed by atoms with van der Waals surface area (Å²) in [6.45, 7) is 3.91. The van der Waals surface area contributed by atoms with Crippen LogP contribution in [0.2, 0.25) is 0 Å². The van der Waals surface area contributed by atoms with E-state index in [1.807, 2.05) is 44.3 Å². The van der Waals surface area contributed by atoms with E-state index in [4.69, 9.17) is 0 Å². The van der Waals surface area contributed by atoms with Gasteiger partial charge in [0.05, 0.1) is 36.3 Å². The molecule has 1 amide bonds. The van der Waals surface area contributed by atoms with Gasteiger partial charge in [0.2, 0.25) is 0 Å². The lowest BCUT2D eigenvalue weighted by Gasteiger charge is -2.41. The molecule has 1 aromatic carbocycles. The smallest absolute Gasteiger partial charge is 0.273 e. The van der Waals surface area contributed by atoms with Crippen molar-refractivity contribution < 1.29 is 9.90 Å². The minimum atomic E-state index is -0.526. The molecule has 0 radical (unpaired) electrons. The van der Waals surface area contributed by atoms with Crippen LogP contribution in [0.3, 0.4) is 0 Å². The minimum Gasteiger partial charge on any atom is -0.391 e. The molecule has 2 aromatic heterocycles. The van der Waals surface area contributed by atoms with Crippen molar-refractivity contribution in [3.05, 3.63) is 59.7 Å². The number of hydrogen-bond acceptors (Lipinski definition) is 5. The van der Waals surface area contributed by atoms with Crippen LogP contribution in [0.5, 0.6) is 0 Å². The lowest BCUT2D eigenvalue weighted by atomic mass is 9.83. The third-order valence-electron chi connectivity index (χ3n) is 4.74. The number of carbonyl (C=O) groups is 1. The Balaban J connectivity index is 1.48. The summed E-state index contributed by atoms with van der Waals surface area (Å²) in [5.41, 5.74) is 3.17. The van der Waals surface area contributed by atoms with Crippen LogP contribution in [-0.4, -0.2) is 47.9 Å². The van der Waals surface area contributed by atoms with E-state index in [-0.39, 0.29) is 23.7 Å². The van der Waals surface area contributed by atoms with E-state index < -0.39 is 6.10 Å². The molecule has 3 atom stereocenters. The molecule has 0 spiro atoms. The Kier molecular flexibility index (Phi) is 4.04. The van der Waals surface area contributed by atoms with Gasteiger partial charge in [-0.1, -0.05) is 23.4 Å². The monoisotopic (exact) mass is 352 g/mol. The number of nitrogens with one attached hydrogen (secondary N) is 1. The van der Waals surface area contributed by atoms with Crippen LogP contribution >= 0.6 is 0 Å². The largest absolute Gasteiger partial charge is 0.391 e. The second-order valence-corrected chi connectivity index (χ2v) is 6.71. The summed E-state index contributed by atoms with van der Waals surface area (Å²) in [5.74, 6) is -0.310. The number of aryl methyl sites for hydroxylation is 2. The van der Waals surface area contributed by atoms with E-state index in [9.17, 15) is 9.90 Å². The predicted octanol–water partition coefficient (Wildman–Crippen LogP) is 1.18. The molecule has 2 N–H and O–H groups in total. The highest BCUT2D eigenvalue weighted by molar-refractivity contribution is 5.92. The highest BCUT2D eigenvalue weighted by Gasteiger charge is 2.43. The van der Waals surface area contributed by atoms with Crippen molar-refractivity contribution in [2.24, 2.45) is 0 Å². The van der Waals surface area contributed by atoms with E-state index >= 15 is 0 Å². The van der Waals surface area contributed by atoms with E-state index in [1.165, 1.54) is 0 Å². The summed E-state index contributed by atoms with van der Waals surface area (Å²) >= 11 is 0. The highest BCUT2D eigenvalue weighted by atomic mass is 16.3. The van der Waals surface area contributed by atoms with E-state index in [2.05, 4.69) is 20.7 Å². The molecule has 3 aromatic rings. The summed E-state index contributed by atoms with van der Waals surface area (Å²) in [6.07, 6.45) is 5.17. The normalized spacial score (nSPS) is 22.0. The molecular formula is C18H20N6O2. The molecule has 1 aliphatic carbocycles. The Hall–Kier alpha value is -3.00. The number of nitrogens with zero attached hydrogens (tertiary/aromatic N) is 5. The molecular weight excluding hydrogens is 332 g/mol. The highest BCUT2D eigenvalue weighted by Crippen LogP contribution is 2.32. The summed E-state index contributed by atoms with van der Waals surface area (Å²) in [5, 5.41) is 25.3. The van der Waals surface area contributed by atoms with Crippen molar-refractivity contribution in [1.82, 2.24) is 30.1 Å². The maximum absolute atomic E-state index is 12.5. The SMILES string of the molecule is Cc1cnn([C@H]2[C@H](O)C[C@@H]2NC(=O)c2cn(-c3ccccc3C)nn2)c1. The summed E-state index contributed by atoms with van der Waals surface area (Å²) in [4.78, 5) is 12.5. The van der Waals surface area contributed by atoms with E-state index in [1.54, 1.807) is 21.8 Å². The molecule has 0 saturated heterocycles. The fourth-order valence-electron chi connectivity index (χ4n) is 3.26. The Morgan fingerprint density at radius 3 is 2.77 bits per heavy atom. The van der Waals surface area contributed by atoms with Gasteiger partial charge in [0.25, 0.3) is 5.91 Å². The average Bonchev–Trinajstić information content (AvgIpc) is 3.24. The molecule has 0 bridgehead atoms. The van der Waals surface area contributed by atoms with Crippen LogP contribution in [0.25, 0.3) is 5.69 Å². The molecule has 1 aliphatic rings. The van der Waals surface area contributed by atoms with Gasteiger partial charge in [-0.2, -0.15) is 5.10 Å². The minimum absolute atomic E-state index is 0.194. The van der Waals surface area contributed by atoms with Gasteiger partial charge < -0.3 is 10.4 Å². The first kappa shape index (κ1) is 16.5. The van der Waals surface area contributed by atoms with Gasteiger partial charge in [-0.3, -0.25) is 9.48 Å². The average molecular weight is 352 g/mol. The maximum Gasteiger partial charge on any atom is 0.273 e. The van der Waals surface area contributed by atoms with Crippen LogP contribution in [0.1, 0.15) is 34.1 Å². The fraction of sp³-hybridized carbons (Fsp3) is 0.333. The van der Waals surface area contributed by atoms with Gasteiger partial charge >= 0.3 is 0 Å². The molecule has 134 valence electrons. The Morgan fingerprint density at radius 1 is 1.27 bits per heavy atom. The Labute approximate surface area is 150 Å². The first-order chi connectivity index (χ1) is 12.5. The number of amides is 1. The molecule has 26 heavy (non-hydrogen) atoms. The molecule has 0 unspecified atom stereocenters. The van der Waals surface area contributed by atoms with Crippen LogP contribution < -0.4 is 5.32 Å². The topological polar surface area (TPSA) is 97.9 Å². The van der Waals surface area contributed by atoms with E-state index in [0.29, 0.717) is 6.42 Å². The van der Waals surface area contributed by atoms with Gasteiger partial charge in [0.1, 0.15) is 0 Å². The molecule has 1 saturated carbocycles. The van der Waals surface area contributed by atoms with Crippen LogP contribution in [0.4, 0.5) is 0 Å². The van der Waals surface area contributed by atoms with Crippen molar-refractivity contribution in [1.29, 1.82) is 0 Å². The van der Waals surface area contributed by atoms with Gasteiger partial charge in [0, 0.05) is 6.20 Å². The fourth-order valence-corrected chi connectivity index (χ4v) is 3.26. The van der Waals surface area contributed by atoms with Gasteiger partial charge in [-0.05, 0) is 37.5 Å². The number of hydrogen-bond donors (Lipinski definition) is 2. The Morgan fingerprint density at radius 2 is 2.08 bits per heavy atom. The Bertz CT molecular complexity index is 947. The molecule has 2 heterocycles. The number of para-hydroxylation sites is 1. The van der Waals surface area contributed by atoms with E-state index in [0.717, 1.165) is 16.8 Å². The quantitative estimate of drug-likeness (QED) is 0.735. The predicted molar refractivity (Wildman–Crippen MR) is 94.0 cm³/mol. The third kappa shape index (κ3) is 2.88. The summed E-state index contributed by atoms with van der Waals surface area (Å²) in [6, 6.07) is 7.30. The second-order valence-electron chi connectivity index (χ2n) is 6.71. The molecule has 1 fully saturated rings. The first-order valence-corrected chi connectivity index (χ1v) is 8.51. The lowest BCUT2D eigenvalue weighted by Crippen LogP contribution is -2.56. The molecule has 8 heteroatoms. The number of rotatable bonds is 4. The second kappa shape index (κ2) is 6.38. The van der Waals surface area contributed by atoms with Crippen molar-refractivity contribution >= 4 is 5.91 Å². The van der Waals surface area contributed by atoms with Crippen LogP contribution in [-0.2, 0) is 0 Å². The van der Waals surface area contributed by atoms with Crippen LogP contribution in [0, 0.1) is 13.8 Å². The van der Waals surface area contributed by atoms with Gasteiger partial charge in [0.15, 0.2) is 5.69 Å².